The van der Waals surface area contributed by atoms with Gasteiger partial charge in [-0.15, -0.1) is 0 Å². The molecule has 152 valence electrons. The van der Waals surface area contributed by atoms with Gasteiger partial charge in [-0.05, 0) is 54.3 Å². The molecule has 0 spiro atoms. The number of hydrogen-bond donors (Lipinski definition) is 3. The molecule has 0 saturated carbocycles. The van der Waals surface area contributed by atoms with E-state index in [1.54, 1.807) is 48.5 Å². The summed E-state index contributed by atoms with van der Waals surface area (Å²) in [4.78, 5) is 36.8. The summed E-state index contributed by atoms with van der Waals surface area (Å²) in [6.45, 7) is 0. The van der Waals surface area contributed by atoms with Crippen LogP contribution < -0.4 is 10.6 Å². The van der Waals surface area contributed by atoms with Gasteiger partial charge >= 0.3 is 5.97 Å². The van der Waals surface area contributed by atoms with Gasteiger partial charge in [-0.1, -0.05) is 46.3 Å². The van der Waals surface area contributed by atoms with Crippen molar-refractivity contribution in [2.45, 2.75) is 12.5 Å². The number of carboxylic acid groups (broad SMARTS) is 1. The normalized spacial score (nSPS) is 12.1. The van der Waals surface area contributed by atoms with Crippen LogP contribution in [-0.2, 0) is 9.59 Å². The third-order valence-corrected chi connectivity index (χ3v) is 5.10. The number of nitrogens with one attached hydrogen (secondary N) is 2. The molecule has 0 aromatic heterocycles. The van der Waals surface area contributed by atoms with Crippen molar-refractivity contribution in [2.75, 3.05) is 12.0 Å². The summed E-state index contributed by atoms with van der Waals surface area (Å²) < 4.78 is 0.824. The lowest BCUT2D eigenvalue weighted by molar-refractivity contribution is -0.141. The molecule has 3 N–H and O–H groups in total. The van der Waals surface area contributed by atoms with Crippen molar-refractivity contribution in [3.8, 4) is 0 Å². The van der Waals surface area contributed by atoms with E-state index in [4.69, 9.17) is 0 Å². The highest BCUT2D eigenvalue weighted by Gasteiger charge is 2.22. The average Bonchev–Trinajstić information content (AvgIpc) is 2.71. The largest absolute Gasteiger partial charge is 0.480 e. The number of amides is 2. The van der Waals surface area contributed by atoms with Gasteiger partial charge in [-0.2, -0.15) is 11.8 Å². The summed E-state index contributed by atoms with van der Waals surface area (Å²) in [6, 6.07) is 14.6. The molecule has 0 aliphatic carbocycles. The van der Waals surface area contributed by atoms with Gasteiger partial charge in [0.05, 0.1) is 0 Å². The average molecular weight is 477 g/mol. The van der Waals surface area contributed by atoms with E-state index >= 15 is 0 Å². The highest BCUT2D eigenvalue weighted by molar-refractivity contribution is 9.10. The lowest BCUT2D eigenvalue weighted by Crippen LogP contribution is -2.44. The number of carbonyl (C=O) groups is 3. The van der Waals surface area contributed by atoms with Gasteiger partial charge < -0.3 is 15.7 Å². The van der Waals surface area contributed by atoms with Crippen molar-refractivity contribution >= 4 is 51.6 Å². The van der Waals surface area contributed by atoms with Gasteiger partial charge in [0.25, 0.3) is 11.8 Å². The van der Waals surface area contributed by atoms with Gasteiger partial charge in [0.15, 0.2) is 0 Å². The molecule has 8 heteroatoms. The Morgan fingerprint density at radius 3 is 2.34 bits per heavy atom. The number of halogens is 1. The summed E-state index contributed by atoms with van der Waals surface area (Å²) >= 11 is 4.80. The molecule has 0 saturated heterocycles. The molecular formula is C21H21BrN2O4S. The van der Waals surface area contributed by atoms with Crippen molar-refractivity contribution in [3.05, 3.63) is 75.9 Å². The van der Waals surface area contributed by atoms with Crippen molar-refractivity contribution in [1.82, 2.24) is 10.6 Å². The zero-order valence-electron chi connectivity index (χ0n) is 15.7. The van der Waals surface area contributed by atoms with Gasteiger partial charge in [0.2, 0.25) is 0 Å². The SMILES string of the molecule is CSCC[C@H](NC(=O)/C(=C\c1ccccc1)NC(=O)c1ccc(Br)cc1)C(=O)O. The van der Waals surface area contributed by atoms with Crippen LogP contribution in [0, 0.1) is 0 Å². The first-order valence-corrected chi connectivity index (χ1v) is 11.0. The number of benzene rings is 2. The molecule has 0 unspecified atom stereocenters. The first-order valence-electron chi connectivity index (χ1n) is 8.77. The minimum atomic E-state index is -1.12. The van der Waals surface area contributed by atoms with E-state index in [1.807, 2.05) is 12.3 Å². The van der Waals surface area contributed by atoms with Gasteiger partial charge in [-0.3, -0.25) is 9.59 Å². The summed E-state index contributed by atoms with van der Waals surface area (Å²) in [5, 5.41) is 14.5. The quantitative estimate of drug-likeness (QED) is 0.481. The maximum absolute atomic E-state index is 12.8. The Kier molecular flexibility index (Phi) is 8.95. The second-order valence-corrected chi connectivity index (χ2v) is 7.98. The van der Waals surface area contributed by atoms with E-state index in [2.05, 4.69) is 26.6 Å². The van der Waals surface area contributed by atoms with Gasteiger partial charge in [-0.25, -0.2) is 4.79 Å². The number of thioether (sulfide) groups is 1. The topological polar surface area (TPSA) is 95.5 Å². The fourth-order valence-corrected chi connectivity index (χ4v) is 3.13. The third kappa shape index (κ3) is 7.40. The first-order chi connectivity index (χ1) is 13.9. The minimum absolute atomic E-state index is 0.0282. The second kappa shape index (κ2) is 11.4. The number of rotatable bonds is 9. The van der Waals surface area contributed by atoms with Gasteiger partial charge in [0, 0.05) is 10.0 Å². The molecule has 1 atom stereocenters. The number of aliphatic carboxylic acids is 1. The number of hydrogen-bond acceptors (Lipinski definition) is 4. The Hall–Kier alpha value is -2.58. The zero-order valence-corrected chi connectivity index (χ0v) is 18.1. The molecule has 2 aromatic rings. The fraction of sp³-hybridized carbons (Fsp3) is 0.190. The van der Waals surface area contributed by atoms with Crippen LogP contribution in [0.4, 0.5) is 0 Å². The van der Waals surface area contributed by atoms with E-state index in [9.17, 15) is 19.5 Å². The highest BCUT2D eigenvalue weighted by atomic mass is 79.9. The fourth-order valence-electron chi connectivity index (χ4n) is 2.40. The molecule has 2 aromatic carbocycles. The molecule has 0 fully saturated rings. The molecule has 0 aliphatic rings. The van der Waals surface area contributed by atoms with Crippen molar-refractivity contribution in [1.29, 1.82) is 0 Å². The smallest absolute Gasteiger partial charge is 0.326 e. The molecular weight excluding hydrogens is 456 g/mol. The summed E-state index contributed by atoms with van der Waals surface area (Å²) in [7, 11) is 0. The Balaban J connectivity index is 2.25. The predicted octanol–water partition coefficient (Wildman–Crippen LogP) is 3.54. The van der Waals surface area contributed by atoms with E-state index in [1.165, 1.54) is 17.8 Å². The maximum atomic E-state index is 12.8. The molecule has 0 heterocycles. The van der Waals surface area contributed by atoms with Crippen molar-refractivity contribution in [3.63, 3.8) is 0 Å². The Morgan fingerprint density at radius 2 is 1.76 bits per heavy atom. The van der Waals surface area contributed by atoms with E-state index in [0.717, 1.165) is 4.47 Å². The van der Waals surface area contributed by atoms with Crippen LogP contribution in [-0.4, -0.2) is 40.9 Å². The van der Waals surface area contributed by atoms with Gasteiger partial charge in [0.1, 0.15) is 11.7 Å². The second-order valence-electron chi connectivity index (χ2n) is 6.08. The van der Waals surface area contributed by atoms with Crippen LogP contribution in [0.15, 0.2) is 64.8 Å². The molecule has 6 nitrogen and oxygen atoms in total. The Labute approximate surface area is 181 Å². The maximum Gasteiger partial charge on any atom is 0.326 e. The lowest BCUT2D eigenvalue weighted by atomic mass is 10.1. The summed E-state index contributed by atoms with van der Waals surface area (Å²) in [6.07, 6.45) is 3.65. The van der Waals surface area contributed by atoms with Crippen LogP contribution in [0.3, 0.4) is 0 Å². The van der Waals surface area contributed by atoms with Crippen LogP contribution in [0.2, 0.25) is 0 Å². The zero-order chi connectivity index (χ0) is 21.2. The highest BCUT2D eigenvalue weighted by Crippen LogP contribution is 2.12. The lowest BCUT2D eigenvalue weighted by Gasteiger charge is -2.16. The monoisotopic (exact) mass is 476 g/mol. The van der Waals surface area contributed by atoms with E-state index in [-0.39, 0.29) is 12.1 Å². The van der Waals surface area contributed by atoms with Crippen molar-refractivity contribution < 1.29 is 19.5 Å². The van der Waals surface area contributed by atoms with Crippen LogP contribution in [0.1, 0.15) is 22.3 Å². The molecule has 29 heavy (non-hydrogen) atoms. The van der Waals surface area contributed by atoms with Crippen LogP contribution in [0.5, 0.6) is 0 Å². The number of carbonyl (C=O) groups excluding carboxylic acids is 2. The summed E-state index contributed by atoms with van der Waals surface area (Å²) in [5.41, 5.74) is 1.04. The summed E-state index contributed by atoms with van der Waals surface area (Å²) in [5.74, 6) is -1.66. The standard InChI is InChI=1S/C21H21BrN2O4S/c1-29-12-11-17(21(27)28)23-20(26)18(13-14-5-3-2-4-6-14)24-19(25)15-7-9-16(22)10-8-15/h2-10,13,17H,11-12H2,1H3,(H,23,26)(H,24,25)(H,27,28)/b18-13+/t17-/m0/s1. The van der Waals surface area contributed by atoms with Crippen molar-refractivity contribution in [2.24, 2.45) is 0 Å². The van der Waals surface area contributed by atoms with E-state index in [0.29, 0.717) is 16.9 Å². The predicted molar refractivity (Wildman–Crippen MR) is 119 cm³/mol. The Bertz CT molecular complexity index is 885. The third-order valence-electron chi connectivity index (χ3n) is 3.92. The number of carboxylic acids is 1. The molecule has 2 amide bonds. The Morgan fingerprint density at radius 1 is 1.10 bits per heavy atom. The first kappa shape index (κ1) is 22.7. The molecule has 0 radical (unpaired) electrons. The minimum Gasteiger partial charge on any atom is -0.480 e. The molecule has 2 rings (SSSR count). The van der Waals surface area contributed by atoms with Crippen LogP contribution >= 0.6 is 27.7 Å². The van der Waals surface area contributed by atoms with Crippen LogP contribution in [0.25, 0.3) is 6.08 Å². The van der Waals surface area contributed by atoms with E-state index < -0.39 is 23.8 Å². The molecule has 0 bridgehead atoms. The molecule has 0 aliphatic heterocycles.